The smallest absolute Gasteiger partial charge is 0.312 e. The first-order valence-electron chi connectivity index (χ1n) is 6.35. The average molecular weight is 270 g/mol. The minimum atomic E-state index is -0.260. The number of carbonyl (C=O) groups excluding carboxylic acids is 1. The van der Waals surface area contributed by atoms with Crippen molar-refractivity contribution in [1.82, 2.24) is 0 Å². The van der Waals surface area contributed by atoms with Crippen molar-refractivity contribution in [3.8, 4) is 17.2 Å². The van der Waals surface area contributed by atoms with Crippen LogP contribution in [0.2, 0.25) is 0 Å². The topological polar surface area (TPSA) is 55.8 Å². The summed E-state index contributed by atoms with van der Waals surface area (Å²) in [6.07, 6.45) is 0.267. The summed E-state index contributed by atoms with van der Waals surface area (Å²) < 4.78 is 10.3. The highest BCUT2D eigenvalue weighted by Crippen LogP contribution is 2.40. The van der Waals surface area contributed by atoms with Crippen LogP contribution in [0.15, 0.2) is 42.5 Å². The molecule has 1 N–H and O–H groups in total. The largest absolute Gasteiger partial charge is 0.508 e. The van der Waals surface area contributed by atoms with Crippen LogP contribution in [0.1, 0.15) is 23.5 Å². The normalized spacial score (nSPS) is 17.2. The SMILES string of the molecule is COc1ccc([C@H]2CC(=O)Oc3ccc(O)cc32)cc1. The maximum absolute atomic E-state index is 11.7. The molecule has 0 saturated heterocycles. The average Bonchev–Trinajstić information content (AvgIpc) is 2.47. The summed E-state index contributed by atoms with van der Waals surface area (Å²) in [6, 6.07) is 12.4. The van der Waals surface area contributed by atoms with E-state index in [2.05, 4.69) is 0 Å². The van der Waals surface area contributed by atoms with Gasteiger partial charge in [0.1, 0.15) is 17.2 Å². The van der Waals surface area contributed by atoms with Crippen LogP contribution in [0.3, 0.4) is 0 Å². The lowest BCUT2D eigenvalue weighted by molar-refractivity contribution is -0.135. The lowest BCUT2D eigenvalue weighted by Gasteiger charge is -2.25. The lowest BCUT2D eigenvalue weighted by atomic mass is 9.86. The molecule has 0 unspecified atom stereocenters. The second-order valence-electron chi connectivity index (χ2n) is 4.73. The third-order valence-electron chi connectivity index (χ3n) is 3.48. The van der Waals surface area contributed by atoms with Gasteiger partial charge in [-0.3, -0.25) is 4.79 Å². The molecule has 0 saturated carbocycles. The number of esters is 1. The van der Waals surface area contributed by atoms with Crippen molar-refractivity contribution in [2.24, 2.45) is 0 Å². The van der Waals surface area contributed by atoms with Gasteiger partial charge in [0.15, 0.2) is 0 Å². The Morgan fingerprint density at radius 3 is 2.65 bits per heavy atom. The lowest BCUT2D eigenvalue weighted by Crippen LogP contribution is -2.20. The van der Waals surface area contributed by atoms with E-state index in [1.54, 1.807) is 19.2 Å². The van der Waals surface area contributed by atoms with Gasteiger partial charge in [0.2, 0.25) is 0 Å². The number of phenolic OH excluding ortho intramolecular Hbond substituents is 1. The van der Waals surface area contributed by atoms with Gasteiger partial charge in [-0.2, -0.15) is 0 Å². The van der Waals surface area contributed by atoms with Crippen molar-refractivity contribution in [2.75, 3.05) is 7.11 Å². The highest BCUT2D eigenvalue weighted by Gasteiger charge is 2.28. The van der Waals surface area contributed by atoms with Gasteiger partial charge < -0.3 is 14.6 Å². The fraction of sp³-hybridized carbons (Fsp3) is 0.188. The van der Waals surface area contributed by atoms with Crippen LogP contribution in [0.5, 0.6) is 17.2 Å². The number of aromatic hydroxyl groups is 1. The maximum Gasteiger partial charge on any atom is 0.312 e. The Kier molecular flexibility index (Phi) is 3.06. The Bertz CT molecular complexity index is 646. The molecule has 1 aliphatic heterocycles. The van der Waals surface area contributed by atoms with Gasteiger partial charge in [-0.1, -0.05) is 12.1 Å². The standard InChI is InChI=1S/C16H14O4/c1-19-12-5-2-10(3-6-12)13-9-16(18)20-15-7-4-11(17)8-14(13)15/h2-8,13,17H,9H2,1H3/t13-/m1/s1. The van der Waals surface area contributed by atoms with E-state index in [1.165, 1.54) is 6.07 Å². The maximum atomic E-state index is 11.7. The van der Waals surface area contributed by atoms with Crippen molar-refractivity contribution in [3.05, 3.63) is 53.6 Å². The third kappa shape index (κ3) is 2.20. The van der Waals surface area contributed by atoms with Gasteiger partial charge in [0.25, 0.3) is 0 Å². The minimum Gasteiger partial charge on any atom is -0.508 e. The van der Waals surface area contributed by atoms with E-state index in [0.717, 1.165) is 16.9 Å². The van der Waals surface area contributed by atoms with Crippen molar-refractivity contribution >= 4 is 5.97 Å². The molecule has 2 aromatic rings. The number of benzene rings is 2. The molecule has 4 nitrogen and oxygen atoms in total. The summed E-state index contributed by atoms with van der Waals surface area (Å²) in [5, 5.41) is 9.64. The van der Waals surface area contributed by atoms with E-state index in [0.29, 0.717) is 5.75 Å². The number of fused-ring (bicyclic) bond motifs is 1. The first-order chi connectivity index (χ1) is 9.67. The molecule has 1 heterocycles. The van der Waals surface area contributed by atoms with Crippen LogP contribution in [0.25, 0.3) is 0 Å². The molecule has 1 aliphatic rings. The number of hydrogen-bond donors (Lipinski definition) is 1. The summed E-state index contributed by atoms with van der Waals surface area (Å²) in [5.41, 5.74) is 1.82. The van der Waals surface area contributed by atoms with Gasteiger partial charge in [-0.05, 0) is 35.9 Å². The molecule has 0 aromatic heterocycles. The van der Waals surface area contributed by atoms with E-state index in [9.17, 15) is 9.90 Å². The Balaban J connectivity index is 2.04. The molecule has 0 fully saturated rings. The first kappa shape index (κ1) is 12.5. The summed E-state index contributed by atoms with van der Waals surface area (Å²) >= 11 is 0. The summed E-state index contributed by atoms with van der Waals surface area (Å²) in [5.74, 6) is 1.08. The monoisotopic (exact) mass is 270 g/mol. The van der Waals surface area contributed by atoms with Gasteiger partial charge in [0, 0.05) is 11.5 Å². The molecule has 0 amide bonds. The van der Waals surface area contributed by atoms with Gasteiger partial charge in [-0.15, -0.1) is 0 Å². The molecule has 0 radical (unpaired) electrons. The van der Waals surface area contributed by atoms with Crippen LogP contribution in [0, 0.1) is 0 Å². The summed E-state index contributed by atoms with van der Waals surface area (Å²) in [6.45, 7) is 0. The summed E-state index contributed by atoms with van der Waals surface area (Å²) in [4.78, 5) is 11.7. The molecule has 102 valence electrons. The quantitative estimate of drug-likeness (QED) is 0.673. The summed E-state index contributed by atoms with van der Waals surface area (Å²) in [7, 11) is 1.61. The number of methoxy groups -OCH3 is 1. The van der Waals surface area contributed by atoms with Crippen LogP contribution in [0.4, 0.5) is 0 Å². The minimum absolute atomic E-state index is 0.107. The van der Waals surface area contributed by atoms with Crippen LogP contribution in [-0.4, -0.2) is 18.2 Å². The fourth-order valence-corrected chi connectivity index (χ4v) is 2.48. The van der Waals surface area contributed by atoms with Gasteiger partial charge >= 0.3 is 5.97 Å². The molecule has 0 bridgehead atoms. The molecule has 20 heavy (non-hydrogen) atoms. The highest BCUT2D eigenvalue weighted by atomic mass is 16.5. The zero-order chi connectivity index (χ0) is 14.1. The Hall–Kier alpha value is -2.49. The van der Waals surface area contributed by atoms with E-state index < -0.39 is 0 Å². The predicted octanol–water partition coefficient (Wildman–Crippen LogP) is 2.84. The second kappa shape index (κ2) is 4.89. The number of hydrogen-bond acceptors (Lipinski definition) is 4. The molecule has 0 spiro atoms. The molecule has 4 heteroatoms. The number of ether oxygens (including phenoxy) is 2. The molecular weight excluding hydrogens is 256 g/mol. The van der Waals surface area contributed by atoms with Crippen molar-refractivity contribution in [1.29, 1.82) is 0 Å². The number of carbonyl (C=O) groups is 1. The van der Waals surface area contributed by atoms with E-state index >= 15 is 0 Å². The van der Waals surface area contributed by atoms with Crippen molar-refractivity contribution in [3.63, 3.8) is 0 Å². The Labute approximate surface area is 116 Å². The van der Waals surface area contributed by atoms with Gasteiger partial charge in [-0.25, -0.2) is 0 Å². The zero-order valence-corrected chi connectivity index (χ0v) is 11.0. The molecule has 3 rings (SSSR count). The highest BCUT2D eigenvalue weighted by molar-refractivity contribution is 5.77. The van der Waals surface area contributed by atoms with E-state index in [4.69, 9.17) is 9.47 Å². The van der Waals surface area contributed by atoms with E-state index in [1.807, 2.05) is 24.3 Å². The molecular formula is C16H14O4. The second-order valence-corrected chi connectivity index (χ2v) is 4.73. The van der Waals surface area contributed by atoms with Crippen LogP contribution >= 0.6 is 0 Å². The van der Waals surface area contributed by atoms with Crippen molar-refractivity contribution in [2.45, 2.75) is 12.3 Å². The molecule has 2 aromatic carbocycles. The molecule has 0 aliphatic carbocycles. The Morgan fingerprint density at radius 2 is 1.95 bits per heavy atom. The number of rotatable bonds is 2. The zero-order valence-electron chi connectivity index (χ0n) is 11.0. The number of phenols is 1. The Morgan fingerprint density at radius 1 is 1.20 bits per heavy atom. The third-order valence-corrected chi connectivity index (χ3v) is 3.48. The van der Waals surface area contributed by atoms with Gasteiger partial charge in [0.05, 0.1) is 13.5 Å². The fourth-order valence-electron chi connectivity index (χ4n) is 2.48. The van der Waals surface area contributed by atoms with Crippen LogP contribution in [-0.2, 0) is 4.79 Å². The first-order valence-corrected chi connectivity index (χ1v) is 6.35. The molecule has 1 atom stereocenters. The predicted molar refractivity (Wildman–Crippen MR) is 73.2 cm³/mol. The van der Waals surface area contributed by atoms with Crippen molar-refractivity contribution < 1.29 is 19.4 Å². The van der Waals surface area contributed by atoms with Crippen LogP contribution < -0.4 is 9.47 Å². The van der Waals surface area contributed by atoms with E-state index in [-0.39, 0.29) is 24.1 Å².